The Morgan fingerprint density at radius 3 is 2.60 bits per heavy atom. The maximum Gasteiger partial charge on any atom is 0.158 e. The lowest BCUT2D eigenvalue weighted by Crippen LogP contribution is -2.28. The summed E-state index contributed by atoms with van der Waals surface area (Å²) >= 11 is 0. The largest absolute Gasteiger partial charge is 0.377 e. The van der Waals surface area contributed by atoms with Crippen molar-refractivity contribution in [2.24, 2.45) is 5.92 Å². The Balaban J connectivity index is 2.04. The number of hydrogen-bond donors (Lipinski definition) is 2. The van der Waals surface area contributed by atoms with Crippen LogP contribution in [0.3, 0.4) is 0 Å². The Hall–Kier alpha value is -1.36. The fourth-order valence-corrected chi connectivity index (χ4v) is 2.88. The molecule has 1 aliphatic carbocycles. The summed E-state index contributed by atoms with van der Waals surface area (Å²) in [5, 5.41) is 6.61. The van der Waals surface area contributed by atoms with Gasteiger partial charge in [-0.05, 0) is 25.7 Å². The van der Waals surface area contributed by atoms with Crippen LogP contribution in [0.25, 0.3) is 0 Å². The summed E-state index contributed by atoms with van der Waals surface area (Å²) < 4.78 is 5.12. The highest BCUT2D eigenvalue weighted by Gasteiger charge is 2.20. The summed E-state index contributed by atoms with van der Waals surface area (Å²) in [5.74, 6) is 3.17. The van der Waals surface area contributed by atoms with Crippen LogP contribution in [0.1, 0.15) is 44.9 Å². The number of nitrogens with zero attached hydrogens (tertiary/aromatic N) is 2. The Kier molecular flexibility index (Phi) is 5.59. The van der Waals surface area contributed by atoms with Crippen molar-refractivity contribution in [1.29, 1.82) is 0 Å². The molecule has 0 spiro atoms. The normalized spacial score (nSPS) is 17.8. The molecule has 112 valence electrons. The first-order chi connectivity index (χ1) is 9.72. The Bertz CT molecular complexity index is 418. The van der Waals surface area contributed by atoms with E-state index >= 15 is 0 Å². The quantitative estimate of drug-likeness (QED) is 0.837. The minimum absolute atomic E-state index is 0.433. The minimum atomic E-state index is 0.433. The number of nitrogens with one attached hydrogen (secondary N) is 2. The molecule has 1 heterocycles. The zero-order valence-corrected chi connectivity index (χ0v) is 12.8. The molecule has 1 aromatic heterocycles. The minimum Gasteiger partial charge on any atom is -0.377 e. The van der Waals surface area contributed by atoms with Crippen molar-refractivity contribution in [2.75, 3.05) is 24.8 Å². The Labute approximate surface area is 121 Å². The molecule has 0 aromatic carbocycles. The van der Waals surface area contributed by atoms with E-state index in [9.17, 15) is 0 Å². The number of ether oxygens (including phenoxy) is 1. The fraction of sp³-hybridized carbons (Fsp3) is 0.733. The predicted molar refractivity (Wildman–Crippen MR) is 82.0 cm³/mol. The first-order valence-electron chi connectivity index (χ1n) is 7.54. The molecule has 0 aliphatic heterocycles. The van der Waals surface area contributed by atoms with Gasteiger partial charge < -0.3 is 15.4 Å². The second-order valence-corrected chi connectivity index (χ2v) is 5.57. The van der Waals surface area contributed by atoms with Crippen LogP contribution in [0.15, 0.2) is 6.07 Å². The molecule has 1 saturated carbocycles. The van der Waals surface area contributed by atoms with E-state index in [-0.39, 0.29) is 0 Å². The van der Waals surface area contributed by atoms with Crippen LogP contribution in [-0.2, 0) is 11.3 Å². The van der Waals surface area contributed by atoms with Gasteiger partial charge in [-0.2, -0.15) is 0 Å². The molecule has 0 bridgehead atoms. The number of aromatic nitrogens is 2. The van der Waals surface area contributed by atoms with Crippen LogP contribution < -0.4 is 10.6 Å². The van der Waals surface area contributed by atoms with Crippen molar-refractivity contribution in [3.63, 3.8) is 0 Å². The van der Waals surface area contributed by atoms with Crippen LogP contribution in [0.2, 0.25) is 0 Å². The molecule has 5 heteroatoms. The van der Waals surface area contributed by atoms with E-state index in [1.54, 1.807) is 7.11 Å². The SMILES string of the molecule is CNc1cc(NC(C)C2CCCCC2)nc(COC)n1. The first kappa shape index (κ1) is 15.0. The summed E-state index contributed by atoms with van der Waals surface area (Å²) in [7, 11) is 3.53. The van der Waals surface area contributed by atoms with Crippen LogP contribution in [0.4, 0.5) is 11.6 Å². The van der Waals surface area contributed by atoms with Crippen molar-refractivity contribution >= 4 is 11.6 Å². The van der Waals surface area contributed by atoms with Gasteiger partial charge in [-0.3, -0.25) is 0 Å². The van der Waals surface area contributed by atoms with Crippen LogP contribution in [0, 0.1) is 5.92 Å². The Morgan fingerprint density at radius 2 is 1.95 bits per heavy atom. The average Bonchev–Trinajstić information content (AvgIpc) is 2.48. The summed E-state index contributed by atoms with van der Waals surface area (Å²) in [5.41, 5.74) is 0. The third-order valence-electron chi connectivity index (χ3n) is 4.03. The molecule has 0 amide bonds. The highest BCUT2D eigenvalue weighted by atomic mass is 16.5. The van der Waals surface area contributed by atoms with E-state index in [2.05, 4.69) is 27.5 Å². The molecular weight excluding hydrogens is 252 g/mol. The monoisotopic (exact) mass is 278 g/mol. The fourth-order valence-electron chi connectivity index (χ4n) is 2.88. The predicted octanol–water partition coefficient (Wildman–Crippen LogP) is 3.05. The van der Waals surface area contributed by atoms with Gasteiger partial charge in [0.2, 0.25) is 0 Å². The lowest BCUT2D eigenvalue weighted by molar-refractivity contribution is 0.178. The molecule has 1 aliphatic rings. The highest BCUT2D eigenvalue weighted by Crippen LogP contribution is 2.28. The van der Waals surface area contributed by atoms with Crippen LogP contribution in [-0.4, -0.2) is 30.2 Å². The maximum atomic E-state index is 5.12. The van der Waals surface area contributed by atoms with Crippen molar-refractivity contribution in [2.45, 2.75) is 51.7 Å². The van der Waals surface area contributed by atoms with Gasteiger partial charge in [-0.25, -0.2) is 9.97 Å². The third kappa shape index (κ3) is 4.07. The average molecular weight is 278 g/mol. The van der Waals surface area contributed by atoms with Gasteiger partial charge in [0.1, 0.15) is 18.2 Å². The lowest BCUT2D eigenvalue weighted by Gasteiger charge is -2.28. The van der Waals surface area contributed by atoms with Crippen molar-refractivity contribution in [1.82, 2.24) is 9.97 Å². The van der Waals surface area contributed by atoms with Gasteiger partial charge in [-0.1, -0.05) is 19.3 Å². The van der Waals surface area contributed by atoms with Crippen LogP contribution >= 0.6 is 0 Å². The molecule has 1 aromatic rings. The zero-order valence-electron chi connectivity index (χ0n) is 12.8. The molecule has 1 unspecified atom stereocenters. The van der Waals surface area contributed by atoms with E-state index in [0.717, 1.165) is 17.6 Å². The van der Waals surface area contributed by atoms with Gasteiger partial charge in [0.15, 0.2) is 5.82 Å². The summed E-state index contributed by atoms with van der Waals surface area (Å²) in [4.78, 5) is 8.89. The summed E-state index contributed by atoms with van der Waals surface area (Å²) in [6.07, 6.45) is 6.75. The lowest BCUT2D eigenvalue weighted by atomic mass is 9.84. The molecule has 2 N–H and O–H groups in total. The number of anilines is 2. The van der Waals surface area contributed by atoms with Gasteiger partial charge >= 0.3 is 0 Å². The Morgan fingerprint density at radius 1 is 1.25 bits per heavy atom. The molecule has 2 rings (SSSR count). The molecule has 1 atom stereocenters. The summed E-state index contributed by atoms with van der Waals surface area (Å²) in [6.45, 7) is 2.69. The highest BCUT2D eigenvalue weighted by molar-refractivity contribution is 5.47. The molecule has 20 heavy (non-hydrogen) atoms. The van der Waals surface area contributed by atoms with E-state index in [1.807, 2.05) is 13.1 Å². The molecule has 0 saturated heterocycles. The second-order valence-electron chi connectivity index (χ2n) is 5.57. The zero-order chi connectivity index (χ0) is 14.4. The molecule has 1 fully saturated rings. The summed E-state index contributed by atoms with van der Waals surface area (Å²) in [6, 6.07) is 2.41. The molecule has 5 nitrogen and oxygen atoms in total. The molecular formula is C15H26N4O. The van der Waals surface area contributed by atoms with Crippen LogP contribution in [0.5, 0.6) is 0 Å². The number of rotatable bonds is 6. The standard InChI is InChI=1S/C15H26N4O/c1-11(12-7-5-4-6-8-12)17-14-9-13(16-2)18-15(19-14)10-20-3/h9,11-12H,4-8,10H2,1-3H3,(H2,16,17,18,19). The molecule has 0 radical (unpaired) electrons. The topological polar surface area (TPSA) is 59.1 Å². The maximum absolute atomic E-state index is 5.12. The smallest absolute Gasteiger partial charge is 0.158 e. The van der Waals surface area contributed by atoms with Crippen molar-refractivity contribution in [3.8, 4) is 0 Å². The van der Waals surface area contributed by atoms with Gasteiger partial charge in [0, 0.05) is 26.3 Å². The third-order valence-corrected chi connectivity index (χ3v) is 4.03. The van der Waals surface area contributed by atoms with E-state index in [4.69, 9.17) is 4.74 Å². The number of methoxy groups -OCH3 is 1. The second kappa shape index (κ2) is 7.43. The van der Waals surface area contributed by atoms with Gasteiger partial charge in [0.25, 0.3) is 0 Å². The van der Waals surface area contributed by atoms with Gasteiger partial charge in [-0.15, -0.1) is 0 Å². The van der Waals surface area contributed by atoms with Gasteiger partial charge in [0.05, 0.1) is 0 Å². The van der Waals surface area contributed by atoms with Crippen molar-refractivity contribution in [3.05, 3.63) is 11.9 Å². The van der Waals surface area contributed by atoms with Crippen molar-refractivity contribution < 1.29 is 4.74 Å². The van der Waals surface area contributed by atoms with E-state index in [1.165, 1.54) is 32.1 Å². The number of hydrogen-bond acceptors (Lipinski definition) is 5. The van der Waals surface area contributed by atoms with E-state index < -0.39 is 0 Å². The van der Waals surface area contributed by atoms with E-state index in [0.29, 0.717) is 18.5 Å². The first-order valence-corrected chi connectivity index (χ1v) is 7.54.